The first kappa shape index (κ1) is 11.3. The van der Waals surface area contributed by atoms with Crippen molar-refractivity contribution in [3.63, 3.8) is 0 Å². The molecule has 1 aliphatic carbocycles. The molecule has 0 saturated heterocycles. The Labute approximate surface area is 97.3 Å². The van der Waals surface area contributed by atoms with Crippen LogP contribution in [0.3, 0.4) is 0 Å². The molecule has 15 heavy (non-hydrogen) atoms. The summed E-state index contributed by atoms with van der Waals surface area (Å²) in [6.45, 7) is 8.95. The quantitative estimate of drug-likeness (QED) is 0.797. The van der Waals surface area contributed by atoms with Crippen LogP contribution in [-0.2, 0) is 0 Å². The fourth-order valence-corrected chi connectivity index (χ4v) is 2.85. The summed E-state index contributed by atoms with van der Waals surface area (Å²) in [4.78, 5) is 4.58. The second-order valence-electron chi connectivity index (χ2n) is 5.51. The summed E-state index contributed by atoms with van der Waals surface area (Å²) >= 11 is 1.97. The van der Waals surface area contributed by atoms with E-state index in [9.17, 15) is 0 Å². The highest BCUT2D eigenvalue weighted by atomic mass is 32.2. The van der Waals surface area contributed by atoms with E-state index < -0.39 is 0 Å². The molecule has 0 spiro atoms. The Bertz CT molecular complexity index is 256. The number of nitrogens with zero attached hydrogens (tertiary/aromatic N) is 1. The van der Waals surface area contributed by atoms with Crippen LogP contribution in [0, 0.1) is 11.3 Å². The number of aliphatic imine (C=N–C) groups is 1. The van der Waals surface area contributed by atoms with E-state index in [0.717, 1.165) is 24.3 Å². The van der Waals surface area contributed by atoms with Gasteiger partial charge in [-0.1, -0.05) is 32.5 Å². The summed E-state index contributed by atoms with van der Waals surface area (Å²) in [5.41, 5.74) is 0.390. The Kier molecular flexibility index (Phi) is 3.29. The third-order valence-corrected chi connectivity index (χ3v) is 4.83. The molecule has 0 radical (unpaired) electrons. The molecule has 0 aromatic heterocycles. The predicted octanol–water partition coefficient (Wildman–Crippen LogP) is 2.89. The van der Waals surface area contributed by atoms with Crippen LogP contribution < -0.4 is 5.32 Å². The van der Waals surface area contributed by atoms with E-state index in [1.165, 1.54) is 24.4 Å². The molecule has 1 saturated carbocycles. The Morgan fingerprint density at radius 3 is 2.80 bits per heavy atom. The average Bonchev–Trinajstić information content (AvgIpc) is 2.96. The Morgan fingerprint density at radius 1 is 1.47 bits per heavy atom. The van der Waals surface area contributed by atoms with Crippen molar-refractivity contribution in [1.29, 1.82) is 0 Å². The number of rotatable bonds is 4. The minimum absolute atomic E-state index is 0.390. The average molecular weight is 226 g/mol. The van der Waals surface area contributed by atoms with Gasteiger partial charge in [0.25, 0.3) is 0 Å². The smallest absolute Gasteiger partial charge is 0.156 e. The van der Waals surface area contributed by atoms with Gasteiger partial charge in [-0.15, -0.1) is 0 Å². The van der Waals surface area contributed by atoms with E-state index in [1.807, 2.05) is 11.8 Å². The zero-order valence-corrected chi connectivity index (χ0v) is 10.9. The minimum Gasteiger partial charge on any atom is -0.364 e. The summed E-state index contributed by atoms with van der Waals surface area (Å²) in [7, 11) is 0. The third-order valence-electron chi connectivity index (χ3n) is 3.50. The first-order valence-corrected chi connectivity index (χ1v) is 6.94. The summed E-state index contributed by atoms with van der Waals surface area (Å²) in [6, 6.07) is 0. The minimum atomic E-state index is 0.390. The van der Waals surface area contributed by atoms with Crippen molar-refractivity contribution in [1.82, 2.24) is 5.32 Å². The molecule has 0 bridgehead atoms. The SMILES string of the molecule is CCC(C)(C)CNC1=NCC(C2CC2)S1. The van der Waals surface area contributed by atoms with Crippen molar-refractivity contribution in [3.05, 3.63) is 0 Å². The van der Waals surface area contributed by atoms with E-state index in [0.29, 0.717) is 5.41 Å². The molecule has 0 aromatic rings. The maximum atomic E-state index is 4.58. The van der Waals surface area contributed by atoms with Gasteiger partial charge in [0.05, 0.1) is 6.54 Å². The fraction of sp³-hybridized carbons (Fsp3) is 0.917. The molecule has 2 rings (SSSR count). The van der Waals surface area contributed by atoms with Crippen LogP contribution in [0.25, 0.3) is 0 Å². The highest BCUT2D eigenvalue weighted by Gasteiger charge is 2.35. The summed E-state index contributed by atoms with van der Waals surface area (Å²) in [5, 5.41) is 5.48. The summed E-state index contributed by atoms with van der Waals surface area (Å²) in [5.74, 6) is 0.970. The van der Waals surface area contributed by atoms with Crippen molar-refractivity contribution in [2.24, 2.45) is 16.3 Å². The molecule has 1 unspecified atom stereocenters. The van der Waals surface area contributed by atoms with Gasteiger partial charge < -0.3 is 5.32 Å². The molecule has 0 amide bonds. The molecule has 1 fully saturated rings. The first-order chi connectivity index (χ1) is 7.11. The van der Waals surface area contributed by atoms with Crippen LogP contribution in [0.2, 0.25) is 0 Å². The number of hydrogen-bond acceptors (Lipinski definition) is 3. The lowest BCUT2D eigenvalue weighted by Gasteiger charge is -2.23. The highest BCUT2D eigenvalue weighted by molar-refractivity contribution is 8.14. The highest BCUT2D eigenvalue weighted by Crippen LogP contribution is 2.41. The van der Waals surface area contributed by atoms with Crippen LogP contribution >= 0.6 is 11.8 Å². The molecule has 1 atom stereocenters. The standard InChI is InChI=1S/C12H22N2S/c1-4-12(2,3)8-14-11-13-7-10(15-11)9-5-6-9/h9-10H,4-8H2,1-3H3,(H,13,14). The van der Waals surface area contributed by atoms with E-state index in [-0.39, 0.29) is 0 Å². The van der Waals surface area contributed by atoms with Gasteiger partial charge in [-0.3, -0.25) is 4.99 Å². The zero-order chi connectivity index (χ0) is 10.9. The third kappa shape index (κ3) is 3.13. The summed E-state index contributed by atoms with van der Waals surface area (Å²) < 4.78 is 0. The monoisotopic (exact) mass is 226 g/mol. The second kappa shape index (κ2) is 4.36. The Hall–Kier alpha value is -0.180. The molecule has 1 N–H and O–H groups in total. The fourth-order valence-electron chi connectivity index (χ4n) is 1.64. The van der Waals surface area contributed by atoms with Crippen molar-refractivity contribution < 1.29 is 0 Å². The van der Waals surface area contributed by atoms with E-state index >= 15 is 0 Å². The van der Waals surface area contributed by atoms with Gasteiger partial charge in [-0.25, -0.2) is 0 Å². The number of amidine groups is 1. The van der Waals surface area contributed by atoms with Crippen LogP contribution in [0.4, 0.5) is 0 Å². The van der Waals surface area contributed by atoms with Gasteiger partial charge in [0.2, 0.25) is 0 Å². The number of thioether (sulfide) groups is 1. The maximum Gasteiger partial charge on any atom is 0.156 e. The van der Waals surface area contributed by atoms with E-state index in [1.54, 1.807) is 0 Å². The lowest BCUT2D eigenvalue weighted by Crippen LogP contribution is -2.31. The van der Waals surface area contributed by atoms with Crippen LogP contribution in [0.15, 0.2) is 4.99 Å². The largest absolute Gasteiger partial charge is 0.364 e. The number of hydrogen-bond donors (Lipinski definition) is 1. The van der Waals surface area contributed by atoms with E-state index in [4.69, 9.17) is 0 Å². The van der Waals surface area contributed by atoms with Crippen LogP contribution in [0.1, 0.15) is 40.0 Å². The second-order valence-corrected chi connectivity index (χ2v) is 6.74. The van der Waals surface area contributed by atoms with Crippen molar-refractivity contribution in [2.45, 2.75) is 45.3 Å². The number of nitrogens with one attached hydrogen (secondary N) is 1. The Morgan fingerprint density at radius 2 is 2.20 bits per heavy atom. The van der Waals surface area contributed by atoms with Gasteiger partial charge in [0, 0.05) is 11.8 Å². The molecular weight excluding hydrogens is 204 g/mol. The molecule has 1 aliphatic heterocycles. The topological polar surface area (TPSA) is 24.4 Å². The van der Waals surface area contributed by atoms with E-state index in [2.05, 4.69) is 31.1 Å². The maximum absolute atomic E-state index is 4.58. The van der Waals surface area contributed by atoms with Crippen molar-refractivity contribution >= 4 is 16.9 Å². The predicted molar refractivity (Wildman–Crippen MR) is 68.5 cm³/mol. The molecule has 2 nitrogen and oxygen atoms in total. The lowest BCUT2D eigenvalue weighted by molar-refractivity contribution is 0.350. The van der Waals surface area contributed by atoms with Gasteiger partial charge in [0.15, 0.2) is 5.17 Å². The summed E-state index contributed by atoms with van der Waals surface area (Å²) in [6.07, 6.45) is 4.08. The van der Waals surface area contributed by atoms with Gasteiger partial charge in [0.1, 0.15) is 0 Å². The van der Waals surface area contributed by atoms with Gasteiger partial charge in [-0.2, -0.15) is 0 Å². The zero-order valence-electron chi connectivity index (χ0n) is 10.0. The molecule has 86 valence electrons. The van der Waals surface area contributed by atoms with Crippen molar-refractivity contribution in [2.75, 3.05) is 13.1 Å². The van der Waals surface area contributed by atoms with Gasteiger partial charge >= 0.3 is 0 Å². The van der Waals surface area contributed by atoms with Gasteiger partial charge in [-0.05, 0) is 30.6 Å². The molecule has 3 heteroatoms. The van der Waals surface area contributed by atoms with Crippen molar-refractivity contribution in [3.8, 4) is 0 Å². The lowest BCUT2D eigenvalue weighted by atomic mass is 9.90. The molecule has 1 heterocycles. The molecular formula is C12H22N2S. The normalized spacial score (nSPS) is 26.6. The Balaban J connectivity index is 1.72. The first-order valence-electron chi connectivity index (χ1n) is 6.06. The van der Waals surface area contributed by atoms with Crippen LogP contribution in [0.5, 0.6) is 0 Å². The molecule has 2 aliphatic rings. The van der Waals surface area contributed by atoms with Crippen LogP contribution in [-0.4, -0.2) is 23.5 Å². The molecule has 0 aromatic carbocycles.